The van der Waals surface area contributed by atoms with Crippen molar-refractivity contribution in [2.24, 2.45) is 11.8 Å². The third-order valence-electron chi connectivity index (χ3n) is 4.11. The Morgan fingerprint density at radius 1 is 1.11 bits per heavy atom. The van der Waals surface area contributed by atoms with Gasteiger partial charge in [-0.3, -0.25) is 0 Å². The SMILES string of the molecule is CC1=C[C@@H](c2ccccc2)[C@@H](C)[C@H](C)CC1.O=S=O. The van der Waals surface area contributed by atoms with Gasteiger partial charge in [0, 0.05) is 5.92 Å². The van der Waals surface area contributed by atoms with Crippen molar-refractivity contribution in [3.05, 3.63) is 47.5 Å². The van der Waals surface area contributed by atoms with Crippen LogP contribution >= 0.6 is 0 Å². The van der Waals surface area contributed by atoms with Crippen molar-refractivity contribution in [1.29, 1.82) is 0 Å². The molecule has 2 rings (SSSR count). The summed E-state index contributed by atoms with van der Waals surface area (Å²) < 4.78 is 16.6. The first kappa shape index (κ1) is 15.8. The molecule has 3 atom stereocenters. The average molecular weight is 278 g/mol. The van der Waals surface area contributed by atoms with E-state index < -0.39 is 11.6 Å². The second kappa shape index (κ2) is 8.05. The van der Waals surface area contributed by atoms with E-state index in [1.165, 1.54) is 18.4 Å². The van der Waals surface area contributed by atoms with Crippen LogP contribution in [0.2, 0.25) is 0 Å². The predicted molar refractivity (Wildman–Crippen MR) is 79.4 cm³/mol. The van der Waals surface area contributed by atoms with Gasteiger partial charge in [-0.1, -0.05) is 55.8 Å². The predicted octanol–water partition coefficient (Wildman–Crippen LogP) is 4.11. The topological polar surface area (TPSA) is 34.1 Å². The number of benzene rings is 1. The third-order valence-corrected chi connectivity index (χ3v) is 4.11. The van der Waals surface area contributed by atoms with Gasteiger partial charge in [-0.15, -0.1) is 0 Å². The summed E-state index contributed by atoms with van der Waals surface area (Å²) in [6.45, 7) is 7.07. The second-order valence-corrected chi connectivity index (χ2v) is 5.53. The quantitative estimate of drug-likeness (QED) is 0.724. The first-order valence-corrected chi connectivity index (χ1v) is 7.40. The Morgan fingerprint density at radius 2 is 1.68 bits per heavy atom. The summed E-state index contributed by atoms with van der Waals surface area (Å²) in [5, 5.41) is 0. The molecule has 0 bridgehead atoms. The Labute approximate surface area is 119 Å². The summed E-state index contributed by atoms with van der Waals surface area (Å²) in [7, 11) is 0. The van der Waals surface area contributed by atoms with E-state index in [-0.39, 0.29) is 0 Å². The molecule has 19 heavy (non-hydrogen) atoms. The van der Waals surface area contributed by atoms with E-state index in [1.54, 1.807) is 5.57 Å². The second-order valence-electron chi connectivity index (χ2n) is 5.39. The zero-order chi connectivity index (χ0) is 14.3. The number of hydrogen-bond acceptors (Lipinski definition) is 2. The highest BCUT2D eigenvalue weighted by molar-refractivity contribution is 7.51. The van der Waals surface area contributed by atoms with Crippen LogP contribution in [0.5, 0.6) is 0 Å². The first-order chi connectivity index (χ1) is 9.10. The van der Waals surface area contributed by atoms with E-state index in [9.17, 15) is 0 Å². The Balaban J connectivity index is 0.000000550. The van der Waals surface area contributed by atoms with Gasteiger partial charge < -0.3 is 0 Å². The molecule has 0 heterocycles. The molecule has 0 aromatic heterocycles. The number of hydrogen-bond donors (Lipinski definition) is 0. The minimum atomic E-state index is -0.750. The molecule has 1 aliphatic rings. The summed E-state index contributed by atoms with van der Waals surface area (Å²) >= 11 is -0.750. The molecule has 2 nitrogen and oxygen atoms in total. The van der Waals surface area contributed by atoms with Crippen molar-refractivity contribution in [3.63, 3.8) is 0 Å². The van der Waals surface area contributed by atoms with Crippen LogP contribution in [0.1, 0.15) is 45.1 Å². The van der Waals surface area contributed by atoms with Crippen molar-refractivity contribution < 1.29 is 8.42 Å². The molecule has 1 aromatic rings. The molecule has 3 heteroatoms. The van der Waals surface area contributed by atoms with Gasteiger partial charge in [-0.25, -0.2) is 0 Å². The fourth-order valence-corrected chi connectivity index (χ4v) is 2.69. The van der Waals surface area contributed by atoms with E-state index in [2.05, 4.69) is 57.2 Å². The molecular formula is C16H22O2S. The van der Waals surface area contributed by atoms with Crippen LogP contribution in [-0.4, -0.2) is 8.42 Å². The highest BCUT2D eigenvalue weighted by Crippen LogP contribution is 2.37. The van der Waals surface area contributed by atoms with Gasteiger partial charge in [0.1, 0.15) is 0 Å². The van der Waals surface area contributed by atoms with E-state index in [0.29, 0.717) is 5.92 Å². The fourth-order valence-electron chi connectivity index (χ4n) is 2.69. The zero-order valence-corrected chi connectivity index (χ0v) is 12.7. The van der Waals surface area contributed by atoms with Crippen LogP contribution in [0.3, 0.4) is 0 Å². The van der Waals surface area contributed by atoms with Crippen molar-refractivity contribution in [2.45, 2.75) is 39.5 Å². The molecule has 0 radical (unpaired) electrons. The molecule has 0 saturated heterocycles. The van der Waals surface area contributed by atoms with Crippen LogP contribution in [0.25, 0.3) is 0 Å². The lowest BCUT2D eigenvalue weighted by Crippen LogP contribution is -2.14. The molecule has 1 aliphatic carbocycles. The van der Waals surface area contributed by atoms with Gasteiger partial charge in [0.05, 0.1) is 0 Å². The maximum absolute atomic E-state index is 8.29. The van der Waals surface area contributed by atoms with E-state index in [4.69, 9.17) is 8.42 Å². The lowest BCUT2D eigenvalue weighted by atomic mass is 9.80. The van der Waals surface area contributed by atoms with Crippen molar-refractivity contribution in [2.75, 3.05) is 0 Å². The monoisotopic (exact) mass is 278 g/mol. The summed E-state index contributed by atoms with van der Waals surface area (Å²) in [5.74, 6) is 2.18. The Kier molecular flexibility index (Phi) is 6.71. The summed E-state index contributed by atoms with van der Waals surface area (Å²) in [6, 6.07) is 10.9. The lowest BCUT2D eigenvalue weighted by Gasteiger charge is -2.25. The van der Waals surface area contributed by atoms with Gasteiger partial charge in [0.15, 0.2) is 0 Å². The minimum Gasteiger partial charge on any atom is -0.168 e. The molecule has 0 spiro atoms. The van der Waals surface area contributed by atoms with Crippen LogP contribution in [0, 0.1) is 11.8 Å². The summed E-state index contributed by atoms with van der Waals surface area (Å²) in [6.07, 6.45) is 5.10. The van der Waals surface area contributed by atoms with E-state index in [1.807, 2.05) is 0 Å². The Hall–Kier alpha value is -1.22. The third kappa shape index (κ3) is 4.75. The van der Waals surface area contributed by atoms with Crippen molar-refractivity contribution in [3.8, 4) is 0 Å². The minimum absolute atomic E-state index is 0.610. The van der Waals surface area contributed by atoms with Crippen molar-refractivity contribution in [1.82, 2.24) is 0 Å². The van der Waals surface area contributed by atoms with Crippen molar-refractivity contribution >= 4 is 11.6 Å². The Bertz CT molecular complexity index is 447. The van der Waals surface area contributed by atoms with E-state index in [0.717, 1.165) is 11.8 Å². The summed E-state index contributed by atoms with van der Waals surface area (Å²) in [4.78, 5) is 0. The van der Waals surface area contributed by atoms with Gasteiger partial charge >= 0.3 is 11.6 Å². The molecular weight excluding hydrogens is 256 g/mol. The average Bonchev–Trinajstić information content (AvgIpc) is 2.54. The highest BCUT2D eigenvalue weighted by atomic mass is 32.1. The van der Waals surface area contributed by atoms with Gasteiger partial charge in [0.2, 0.25) is 0 Å². The smallest absolute Gasteiger partial charge is 0.168 e. The standard InChI is InChI=1S/C16H22.O2S/c1-12-9-10-13(2)14(3)16(11-12)15-7-5-4-6-8-15;1-3-2/h4-8,11,13-14,16H,9-10H2,1-3H3;/t13-,14+,16-;/m1./s1. The largest absolute Gasteiger partial charge is 0.335 e. The molecule has 0 saturated carbocycles. The highest BCUT2D eigenvalue weighted by Gasteiger charge is 2.24. The maximum Gasteiger partial charge on any atom is 0.335 e. The van der Waals surface area contributed by atoms with Gasteiger partial charge in [-0.2, -0.15) is 8.42 Å². The van der Waals surface area contributed by atoms with E-state index >= 15 is 0 Å². The number of allylic oxidation sites excluding steroid dienone is 2. The van der Waals surface area contributed by atoms with Gasteiger partial charge in [-0.05, 0) is 37.2 Å². The molecule has 0 fully saturated rings. The zero-order valence-electron chi connectivity index (χ0n) is 11.8. The Morgan fingerprint density at radius 3 is 2.26 bits per heavy atom. The normalized spacial score (nSPS) is 26.5. The first-order valence-electron chi connectivity index (χ1n) is 6.74. The maximum atomic E-state index is 8.29. The summed E-state index contributed by atoms with van der Waals surface area (Å²) in [5.41, 5.74) is 3.04. The van der Waals surface area contributed by atoms with Crippen LogP contribution < -0.4 is 0 Å². The molecule has 0 aliphatic heterocycles. The van der Waals surface area contributed by atoms with Crippen LogP contribution in [-0.2, 0) is 11.6 Å². The molecule has 0 unspecified atom stereocenters. The fraction of sp³-hybridized carbons (Fsp3) is 0.500. The molecule has 104 valence electrons. The molecule has 1 aromatic carbocycles. The van der Waals surface area contributed by atoms with Crippen LogP contribution in [0.15, 0.2) is 42.0 Å². The molecule has 0 amide bonds. The lowest BCUT2D eigenvalue weighted by molar-refractivity contribution is 0.347. The number of rotatable bonds is 1. The van der Waals surface area contributed by atoms with Crippen LogP contribution in [0.4, 0.5) is 0 Å². The van der Waals surface area contributed by atoms with Gasteiger partial charge in [0.25, 0.3) is 0 Å². The molecule has 0 N–H and O–H groups in total.